The molecule has 0 spiro atoms. The normalized spacial score (nSPS) is 11.9. The molecule has 0 aliphatic carbocycles. The highest BCUT2D eigenvalue weighted by molar-refractivity contribution is 5.74. The molecule has 1 unspecified atom stereocenters. The van der Waals surface area contributed by atoms with Crippen molar-refractivity contribution in [3.8, 4) is 0 Å². The van der Waals surface area contributed by atoms with E-state index in [-0.39, 0.29) is 18.5 Å². The number of nitrogens with zero attached hydrogens (tertiary/aromatic N) is 2. The standard InChI is InChI=1S/C12H20N4O3/c1-9(4-3-5-11(17)18)15-12(19)16(2)8-10-13-6-7-14-10/h6-7,9H,3-5,8H2,1-2H3,(H,13,14)(H,15,19)(H,17,18). The van der Waals surface area contributed by atoms with Gasteiger partial charge in [-0.15, -0.1) is 0 Å². The lowest BCUT2D eigenvalue weighted by molar-refractivity contribution is -0.137. The second-order valence-electron chi connectivity index (χ2n) is 4.53. The molecule has 0 saturated heterocycles. The minimum absolute atomic E-state index is 0.0501. The van der Waals surface area contributed by atoms with E-state index in [0.29, 0.717) is 19.4 Å². The number of hydrogen-bond donors (Lipinski definition) is 3. The summed E-state index contributed by atoms with van der Waals surface area (Å²) in [5.41, 5.74) is 0. The molecule has 1 heterocycles. The van der Waals surface area contributed by atoms with Gasteiger partial charge in [-0.2, -0.15) is 0 Å². The molecule has 19 heavy (non-hydrogen) atoms. The Morgan fingerprint density at radius 2 is 2.32 bits per heavy atom. The van der Waals surface area contributed by atoms with Gasteiger partial charge >= 0.3 is 12.0 Å². The molecule has 0 radical (unpaired) electrons. The first-order chi connectivity index (χ1) is 8.99. The molecule has 0 saturated carbocycles. The lowest BCUT2D eigenvalue weighted by Crippen LogP contribution is -2.41. The molecular formula is C12H20N4O3. The fourth-order valence-electron chi connectivity index (χ4n) is 1.63. The van der Waals surface area contributed by atoms with Crippen molar-refractivity contribution in [2.75, 3.05) is 7.05 Å². The van der Waals surface area contributed by atoms with Crippen LogP contribution in [0, 0.1) is 0 Å². The maximum Gasteiger partial charge on any atom is 0.317 e. The lowest BCUT2D eigenvalue weighted by Gasteiger charge is -2.20. The van der Waals surface area contributed by atoms with Gasteiger partial charge in [0.25, 0.3) is 0 Å². The second kappa shape index (κ2) is 7.40. The first-order valence-corrected chi connectivity index (χ1v) is 6.20. The van der Waals surface area contributed by atoms with Crippen LogP contribution < -0.4 is 5.32 Å². The Balaban J connectivity index is 2.27. The number of hydrogen-bond acceptors (Lipinski definition) is 3. The Kier molecular flexibility index (Phi) is 5.84. The van der Waals surface area contributed by atoms with Crippen LogP contribution in [0.25, 0.3) is 0 Å². The molecule has 0 aromatic carbocycles. The molecule has 0 aliphatic heterocycles. The Hall–Kier alpha value is -2.05. The van der Waals surface area contributed by atoms with Crippen LogP contribution in [-0.2, 0) is 11.3 Å². The third-order valence-corrected chi connectivity index (χ3v) is 2.69. The van der Waals surface area contributed by atoms with Gasteiger partial charge in [-0.3, -0.25) is 4.79 Å². The van der Waals surface area contributed by atoms with Crippen LogP contribution in [0.5, 0.6) is 0 Å². The van der Waals surface area contributed by atoms with Gasteiger partial charge in [0.15, 0.2) is 0 Å². The topological polar surface area (TPSA) is 98.3 Å². The average Bonchev–Trinajstić information content (AvgIpc) is 2.81. The van der Waals surface area contributed by atoms with Gasteiger partial charge in [-0.25, -0.2) is 9.78 Å². The summed E-state index contributed by atoms with van der Waals surface area (Å²) < 4.78 is 0. The quantitative estimate of drug-likeness (QED) is 0.692. The number of aromatic nitrogens is 2. The van der Waals surface area contributed by atoms with E-state index in [1.807, 2.05) is 6.92 Å². The minimum Gasteiger partial charge on any atom is -0.481 e. The predicted molar refractivity (Wildman–Crippen MR) is 69.5 cm³/mol. The Morgan fingerprint density at radius 3 is 2.89 bits per heavy atom. The molecule has 7 heteroatoms. The molecule has 106 valence electrons. The highest BCUT2D eigenvalue weighted by Gasteiger charge is 2.13. The van der Waals surface area contributed by atoms with Crippen molar-refractivity contribution < 1.29 is 14.7 Å². The van der Waals surface area contributed by atoms with E-state index in [0.717, 1.165) is 5.82 Å². The molecular weight excluding hydrogens is 248 g/mol. The van der Waals surface area contributed by atoms with Crippen LogP contribution in [0.3, 0.4) is 0 Å². The highest BCUT2D eigenvalue weighted by Crippen LogP contribution is 2.02. The van der Waals surface area contributed by atoms with E-state index in [9.17, 15) is 9.59 Å². The zero-order chi connectivity index (χ0) is 14.3. The summed E-state index contributed by atoms with van der Waals surface area (Å²) in [7, 11) is 1.68. The third-order valence-electron chi connectivity index (χ3n) is 2.69. The number of carbonyl (C=O) groups excluding carboxylic acids is 1. The summed E-state index contributed by atoms with van der Waals surface area (Å²) in [6.45, 7) is 2.27. The fourth-order valence-corrected chi connectivity index (χ4v) is 1.63. The van der Waals surface area contributed by atoms with Crippen LogP contribution in [0.15, 0.2) is 12.4 Å². The maximum absolute atomic E-state index is 11.8. The molecule has 1 aromatic heterocycles. The molecule has 0 aliphatic rings. The summed E-state index contributed by atoms with van der Waals surface area (Å²) >= 11 is 0. The Labute approximate surface area is 112 Å². The van der Waals surface area contributed by atoms with Gasteiger partial charge in [0.2, 0.25) is 0 Å². The monoisotopic (exact) mass is 268 g/mol. The summed E-state index contributed by atoms with van der Waals surface area (Å²) in [4.78, 5) is 30.7. The van der Waals surface area contributed by atoms with Crippen molar-refractivity contribution in [2.24, 2.45) is 0 Å². The first kappa shape index (κ1) is 15.0. The number of carboxylic acid groups (broad SMARTS) is 1. The number of H-pyrrole nitrogens is 1. The molecule has 1 atom stereocenters. The summed E-state index contributed by atoms with van der Waals surface area (Å²) in [6, 6.07) is -0.245. The lowest BCUT2D eigenvalue weighted by atomic mass is 10.1. The zero-order valence-electron chi connectivity index (χ0n) is 11.2. The summed E-state index contributed by atoms with van der Waals surface area (Å²) in [6.07, 6.45) is 4.67. The molecule has 0 fully saturated rings. The number of imidazole rings is 1. The van der Waals surface area contributed by atoms with E-state index in [1.54, 1.807) is 19.4 Å². The number of aliphatic carboxylic acids is 1. The molecule has 7 nitrogen and oxygen atoms in total. The molecule has 1 aromatic rings. The van der Waals surface area contributed by atoms with Crippen molar-refractivity contribution in [1.29, 1.82) is 0 Å². The van der Waals surface area contributed by atoms with Crippen LogP contribution in [0.4, 0.5) is 4.79 Å². The van der Waals surface area contributed by atoms with Gasteiger partial charge < -0.3 is 20.3 Å². The minimum atomic E-state index is -0.812. The van der Waals surface area contributed by atoms with Gasteiger partial charge in [0.05, 0.1) is 6.54 Å². The van der Waals surface area contributed by atoms with Gasteiger partial charge in [-0.1, -0.05) is 0 Å². The van der Waals surface area contributed by atoms with Crippen molar-refractivity contribution in [1.82, 2.24) is 20.2 Å². The van der Waals surface area contributed by atoms with Crippen LogP contribution >= 0.6 is 0 Å². The van der Waals surface area contributed by atoms with Crippen LogP contribution in [0.1, 0.15) is 32.0 Å². The van der Waals surface area contributed by atoms with Gasteiger partial charge in [-0.05, 0) is 19.8 Å². The maximum atomic E-state index is 11.8. The van der Waals surface area contributed by atoms with E-state index in [4.69, 9.17) is 5.11 Å². The number of nitrogens with one attached hydrogen (secondary N) is 2. The van der Waals surface area contributed by atoms with Crippen molar-refractivity contribution in [3.05, 3.63) is 18.2 Å². The van der Waals surface area contributed by atoms with Crippen molar-refractivity contribution in [3.63, 3.8) is 0 Å². The SMILES string of the molecule is CC(CCCC(=O)O)NC(=O)N(C)Cc1ncc[nH]1. The van der Waals surface area contributed by atoms with Crippen molar-refractivity contribution >= 4 is 12.0 Å². The Morgan fingerprint density at radius 1 is 1.58 bits per heavy atom. The van der Waals surface area contributed by atoms with Crippen LogP contribution in [-0.4, -0.2) is 45.1 Å². The smallest absolute Gasteiger partial charge is 0.317 e. The average molecular weight is 268 g/mol. The molecule has 2 amide bonds. The number of aromatic amines is 1. The van der Waals surface area contributed by atoms with E-state index >= 15 is 0 Å². The van der Waals surface area contributed by atoms with Crippen LogP contribution in [0.2, 0.25) is 0 Å². The highest BCUT2D eigenvalue weighted by atomic mass is 16.4. The number of carboxylic acids is 1. The Bertz CT molecular complexity index is 405. The predicted octanol–water partition coefficient (Wildman–Crippen LogP) is 1.19. The fraction of sp³-hybridized carbons (Fsp3) is 0.583. The van der Waals surface area contributed by atoms with Crippen molar-refractivity contribution in [2.45, 2.75) is 38.8 Å². The number of rotatable bonds is 7. The summed E-state index contributed by atoms with van der Waals surface area (Å²) in [5, 5.41) is 11.4. The molecule has 1 rings (SSSR count). The summed E-state index contributed by atoms with van der Waals surface area (Å²) in [5.74, 6) is -0.0929. The second-order valence-corrected chi connectivity index (χ2v) is 4.53. The van der Waals surface area contributed by atoms with E-state index < -0.39 is 5.97 Å². The van der Waals surface area contributed by atoms with E-state index in [2.05, 4.69) is 15.3 Å². The van der Waals surface area contributed by atoms with Gasteiger partial charge in [0.1, 0.15) is 5.82 Å². The zero-order valence-corrected chi connectivity index (χ0v) is 11.2. The number of urea groups is 1. The number of amides is 2. The molecule has 3 N–H and O–H groups in total. The first-order valence-electron chi connectivity index (χ1n) is 6.20. The van der Waals surface area contributed by atoms with E-state index in [1.165, 1.54) is 4.90 Å². The number of carbonyl (C=O) groups is 2. The largest absolute Gasteiger partial charge is 0.481 e. The molecule has 0 bridgehead atoms. The third kappa shape index (κ3) is 5.89. The van der Waals surface area contributed by atoms with Gasteiger partial charge in [0, 0.05) is 31.9 Å².